The van der Waals surface area contributed by atoms with E-state index in [0.29, 0.717) is 23.9 Å². The minimum Gasteiger partial charge on any atom is -0.484 e. The summed E-state index contributed by atoms with van der Waals surface area (Å²) in [6, 6.07) is 19.0. The predicted octanol–water partition coefficient (Wildman–Crippen LogP) is 5.19. The Morgan fingerprint density at radius 2 is 1.88 bits per heavy atom. The van der Waals surface area contributed by atoms with Gasteiger partial charge in [-0.25, -0.2) is 0 Å². The van der Waals surface area contributed by atoms with Crippen molar-refractivity contribution in [3.05, 3.63) is 87.1 Å². The Kier molecular flexibility index (Phi) is 7.68. The zero-order valence-electron chi connectivity index (χ0n) is 18.6. The summed E-state index contributed by atoms with van der Waals surface area (Å²) in [6.45, 7) is 3.06. The van der Waals surface area contributed by atoms with E-state index in [0.717, 1.165) is 18.4 Å². The lowest BCUT2D eigenvalue weighted by molar-refractivity contribution is -0.142. The van der Waals surface area contributed by atoms with E-state index >= 15 is 0 Å². The number of thiophene rings is 1. The third-order valence-corrected chi connectivity index (χ3v) is 7.00. The van der Waals surface area contributed by atoms with Gasteiger partial charge in [0, 0.05) is 23.0 Å². The van der Waals surface area contributed by atoms with E-state index in [-0.39, 0.29) is 31.0 Å². The van der Waals surface area contributed by atoms with Crippen LogP contribution in [-0.2, 0) is 16.0 Å². The van der Waals surface area contributed by atoms with Gasteiger partial charge in [-0.3, -0.25) is 9.59 Å². The van der Waals surface area contributed by atoms with Crippen molar-refractivity contribution in [3.8, 4) is 5.75 Å². The average molecular weight is 483 g/mol. The van der Waals surface area contributed by atoms with Crippen LogP contribution in [-0.4, -0.2) is 47.9 Å². The molecular formula is C26H27ClN2O3S. The van der Waals surface area contributed by atoms with E-state index in [1.54, 1.807) is 40.5 Å². The maximum Gasteiger partial charge on any atom is 0.260 e. The molecule has 3 aromatic rings. The topological polar surface area (TPSA) is 49.9 Å². The molecule has 0 saturated heterocycles. The first-order valence-electron chi connectivity index (χ1n) is 11.1. The van der Waals surface area contributed by atoms with Crippen molar-refractivity contribution in [1.29, 1.82) is 0 Å². The lowest BCUT2D eigenvalue weighted by atomic mass is 9.93. The Labute approximate surface area is 203 Å². The molecule has 2 aromatic carbocycles. The Balaban J connectivity index is 1.47. The summed E-state index contributed by atoms with van der Waals surface area (Å²) < 4.78 is 5.63. The number of halogens is 1. The molecule has 0 bridgehead atoms. The number of ether oxygens (including phenoxy) is 1. The van der Waals surface area contributed by atoms with Crippen LogP contribution in [0.1, 0.15) is 35.4 Å². The molecule has 0 saturated carbocycles. The standard InChI is InChI=1S/C26H27ClN2O3S/c1-2-14-28(25(31)18-32-21-10-8-20(27)9-11-21)17-24(30)29-15-12-23-22(13-16-33-23)26(29)19-6-4-3-5-7-19/h3-11,13,16,26H,2,12,14-15,17-18H2,1H3. The Bertz CT molecular complexity index is 1080. The normalized spacial score (nSPS) is 15.1. The summed E-state index contributed by atoms with van der Waals surface area (Å²) in [5.74, 6) is 0.319. The maximum atomic E-state index is 13.5. The van der Waals surface area contributed by atoms with Gasteiger partial charge in [-0.2, -0.15) is 0 Å². The van der Waals surface area contributed by atoms with Gasteiger partial charge in [-0.15, -0.1) is 11.3 Å². The molecule has 2 amide bonds. The minimum absolute atomic E-state index is 0.0411. The third-order valence-electron chi connectivity index (χ3n) is 5.75. The molecular weight excluding hydrogens is 456 g/mol. The maximum absolute atomic E-state index is 13.5. The van der Waals surface area contributed by atoms with E-state index in [4.69, 9.17) is 16.3 Å². The number of hydrogen-bond acceptors (Lipinski definition) is 4. The van der Waals surface area contributed by atoms with Crippen molar-refractivity contribution in [2.45, 2.75) is 25.8 Å². The van der Waals surface area contributed by atoms with Crippen LogP contribution in [0.25, 0.3) is 0 Å². The van der Waals surface area contributed by atoms with Crippen LogP contribution in [0.3, 0.4) is 0 Å². The van der Waals surface area contributed by atoms with Crippen LogP contribution in [0, 0.1) is 0 Å². The van der Waals surface area contributed by atoms with E-state index in [9.17, 15) is 9.59 Å². The summed E-state index contributed by atoms with van der Waals surface area (Å²) in [7, 11) is 0. The lowest BCUT2D eigenvalue weighted by Gasteiger charge is -2.37. The largest absolute Gasteiger partial charge is 0.484 e. The van der Waals surface area contributed by atoms with Crippen molar-refractivity contribution in [2.24, 2.45) is 0 Å². The molecule has 1 aliphatic rings. The second kappa shape index (κ2) is 10.9. The summed E-state index contributed by atoms with van der Waals surface area (Å²) in [5, 5.41) is 2.70. The molecule has 4 rings (SSSR count). The number of nitrogens with zero attached hydrogens (tertiary/aromatic N) is 2. The number of hydrogen-bond donors (Lipinski definition) is 0. The van der Waals surface area contributed by atoms with Crippen LogP contribution < -0.4 is 4.74 Å². The molecule has 2 heterocycles. The molecule has 33 heavy (non-hydrogen) atoms. The first-order valence-corrected chi connectivity index (χ1v) is 12.4. The Morgan fingerprint density at radius 1 is 1.12 bits per heavy atom. The predicted molar refractivity (Wildman–Crippen MR) is 132 cm³/mol. The molecule has 0 fully saturated rings. The number of carbonyl (C=O) groups excluding carboxylic acids is 2. The Hall–Kier alpha value is -2.83. The summed E-state index contributed by atoms with van der Waals surface area (Å²) in [6.07, 6.45) is 1.60. The highest BCUT2D eigenvalue weighted by atomic mass is 35.5. The van der Waals surface area contributed by atoms with Gasteiger partial charge in [0.05, 0.1) is 12.6 Å². The van der Waals surface area contributed by atoms with Crippen molar-refractivity contribution in [2.75, 3.05) is 26.2 Å². The first-order chi connectivity index (χ1) is 16.1. The number of rotatable bonds is 8. The second-order valence-electron chi connectivity index (χ2n) is 8.01. The average Bonchev–Trinajstić information content (AvgIpc) is 3.32. The number of amides is 2. The lowest BCUT2D eigenvalue weighted by Crippen LogP contribution is -2.47. The zero-order valence-corrected chi connectivity index (χ0v) is 20.1. The molecule has 7 heteroatoms. The van der Waals surface area contributed by atoms with Gasteiger partial charge < -0.3 is 14.5 Å². The van der Waals surface area contributed by atoms with Gasteiger partial charge in [-0.1, -0.05) is 48.9 Å². The van der Waals surface area contributed by atoms with Crippen molar-refractivity contribution in [1.82, 2.24) is 9.80 Å². The zero-order chi connectivity index (χ0) is 23.2. The van der Waals surface area contributed by atoms with Gasteiger partial charge >= 0.3 is 0 Å². The third kappa shape index (κ3) is 5.57. The minimum atomic E-state index is -0.204. The molecule has 5 nitrogen and oxygen atoms in total. The summed E-state index contributed by atoms with van der Waals surface area (Å²) in [5.41, 5.74) is 2.27. The molecule has 0 N–H and O–H groups in total. The van der Waals surface area contributed by atoms with E-state index in [2.05, 4.69) is 23.6 Å². The molecule has 0 spiro atoms. The van der Waals surface area contributed by atoms with Gasteiger partial charge in [0.15, 0.2) is 6.61 Å². The van der Waals surface area contributed by atoms with Gasteiger partial charge in [-0.05, 0) is 59.7 Å². The molecule has 0 radical (unpaired) electrons. The van der Waals surface area contributed by atoms with E-state index < -0.39 is 0 Å². The number of benzene rings is 2. The monoisotopic (exact) mass is 482 g/mol. The van der Waals surface area contributed by atoms with Gasteiger partial charge in [0.2, 0.25) is 5.91 Å². The summed E-state index contributed by atoms with van der Waals surface area (Å²) in [4.78, 5) is 31.2. The molecule has 0 aliphatic carbocycles. The highest BCUT2D eigenvalue weighted by Gasteiger charge is 2.33. The highest BCUT2D eigenvalue weighted by molar-refractivity contribution is 7.10. The SMILES string of the molecule is CCCN(CC(=O)N1CCc2sccc2C1c1ccccc1)C(=O)COc1ccc(Cl)cc1. The number of carbonyl (C=O) groups is 2. The number of fused-ring (bicyclic) bond motifs is 1. The van der Waals surface area contributed by atoms with Crippen LogP contribution in [0.4, 0.5) is 0 Å². The van der Waals surface area contributed by atoms with Crippen molar-refractivity contribution in [3.63, 3.8) is 0 Å². The highest BCUT2D eigenvalue weighted by Crippen LogP contribution is 2.37. The van der Waals surface area contributed by atoms with Crippen LogP contribution in [0.15, 0.2) is 66.0 Å². The quantitative estimate of drug-likeness (QED) is 0.443. The van der Waals surface area contributed by atoms with Crippen LogP contribution in [0.2, 0.25) is 5.02 Å². The fraction of sp³-hybridized carbons (Fsp3) is 0.308. The van der Waals surface area contributed by atoms with Crippen molar-refractivity contribution >= 4 is 34.8 Å². The fourth-order valence-electron chi connectivity index (χ4n) is 4.16. The van der Waals surface area contributed by atoms with E-state index in [1.807, 2.05) is 30.0 Å². The Morgan fingerprint density at radius 3 is 2.61 bits per heavy atom. The van der Waals surface area contributed by atoms with E-state index in [1.165, 1.54) is 10.4 Å². The molecule has 1 unspecified atom stereocenters. The molecule has 172 valence electrons. The van der Waals surface area contributed by atoms with Crippen LogP contribution >= 0.6 is 22.9 Å². The van der Waals surface area contributed by atoms with Gasteiger partial charge in [0.1, 0.15) is 5.75 Å². The van der Waals surface area contributed by atoms with Crippen LogP contribution in [0.5, 0.6) is 5.75 Å². The molecule has 1 atom stereocenters. The van der Waals surface area contributed by atoms with Gasteiger partial charge in [0.25, 0.3) is 5.91 Å². The smallest absolute Gasteiger partial charge is 0.260 e. The van der Waals surface area contributed by atoms with Crippen molar-refractivity contribution < 1.29 is 14.3 Å². The fourth-order valence-corrected chi connectivity index (χ4v) is 5.19. The summed E-state index contributed by atoms with van der Waals surface area (Å²) >= 11 is 7.65. The first kappa shape index (κ1) is 23.3. The second-order valence-corrected chi connectivity index (χ2v) is 9.44. The molecule has 1 aliphatic heterocycles. The molecule has 1 aromatic heterocycles.